The third kappa shape index (κ3) is 4.17. The van der Waals surface area contributed by atoms with E-state index in [1.165, 1.54) is 0 Å². The molecule has 1 aliphatic heterocycles. The third-order valence-electron chi connectivity index (χ3n) is 9.25. The van der Waals surface area contributed by atoms with Crippen molar-refractivity contribution in [3.05, 3.63) is 121 Å². The smallest absolute Gasteiger partial charge is 0.399 e. The molecule has 0 aliphatic carbocycles. The summed E-state index contributed by atoms with van der Waals surface area (Å²) in [5, 5.41) is 3.28. The highest BCUT2D eigenvalue weighted by Crippen LogP contribution is 2.40. The minimum Gasteiger partial charge on any atom is -0.399 e. The predicted octanol–water partition coefficient (Wildman–Crippen LogP) is 8.36. The molecule has 0 bridgehead atoms. The number of aromatic nitrogens is 3. The molecule has 0 unspecified atom stereocenters. The first-order chi connectivity index (χ1) is 21.3. The standard InChI is InChI=1S/C38H32BN3O2/c1-37(2)38(3,4)44-39(43-37)27-21-19-25(20-22-27)34-33-30(29-17-11-12-18-31(29)40-34)23-24-32-35(33)41-36(26-13-7-5-8-14-26)42(32)28-15-9-6-10-16-28/h5-24H,1-4H3. The highest BCUT2D eigenvalue weighted by atomic mass is 16.7. The van der Waals surface area contributed by atoms with Crippen LogP contribution in [0.3, 0.4) is 0 Å². The summed E-state index contributed by atoms with van der Waals surface area (Å²) in [6.45, 7) is 8.32. The van der Waals surface area contributed by atoms with Crippen LogP contribution in [0, 0.1) is 0 Å². The van der Waals surface area contributed by atoms with Crippen molar-refractivity contribution in [1.29, 1.82) is 0 Å². The lowest BCUT2D eigenvalue weighted by molar-refractivity contribution is 0.00578. The molecule has 5 nitrogen and oxygen atoms in total. The average Bonchev–Trinajstić information content (AvgIpc) is 3.54. The third-order valence-corrected chi connectivity index (χ3v) is 9.25. The first-order valence-corrected chi connectivity index (χ1v) is 15.1. The van der Waals surface area contributed by atoms with Crippen LogP contribution in [0.1, 0.15) is 27.7 Å². The Morgan fingerprint density at radius 2 is 1.23 bits per heavy atom. The molecule has 1 fully saturated rings. The van der Waals surface area contributed by atoms with E-state index in [0.717, 1.165) is 66.5 Å². The molecule has 5 aromatic carbocycles. The number of hydrogen-bond donors (Lipinski definition) is 0. The lowest BCUT2D eigenvalue weighted by atomic mass is 9.78. The van der Waals surface area contributed by atoms with Gasteiger partial charge in [0.25, 0.3) is 0 Å². The van der Waals surface area contributed by atoms with E-state index >= 15 is 0 Å². The summed E-state index contributed by atoms with van der Waals surface area (Å²) in [5.74, 6) is 0.898. The molecule has 8 rings (SSSR count). The Kier molecular flexibility index (Phi) is 6.02. The van der Waals surface area contributed by atoms with Crippen LogP contribution in [0.25, 0.3) is 61.0 Å². The van der Waals surface area contributed by atoms with Crippen LogP contribution in [0.15, 0.2) is 121 Å². The SMILES string of the molecule is CC1(C)OB(c2ccc(-c3nc4ccccc4c4ccc5c(nc(-c6ccccc6)n5-c5ccccc5)c34)cc2)OC1(C)C. The second-order valence-electron chi connectivity index (χ2n) is 12.5. The van der Waals surface area contributed by atoms with Gasteiger partial charge in [-0.15, -0.1) is 0 Å². The number of fused-ring (bicyclic) bond motifs is 5. The molecule has 214 valence electrons. The van der Waals surface area contributed by atoms with Crippen molar-refractivity contribution in [3.63, 3.8) is 0 Å². The molecule has 1 saturated heterocycles. The van der Waals surface area contributed by atoms with Crippen molar-refractivity contribution >= 4 is 45.3 Å². The minimum atomic E-state index is -0.419. The lowest BCUT2D eigenvalue weighted by Gasteiger charge is -2.32. The number of imidazole rings is 1. The van der Waals surface area contributed by atoms with E-state index in [1.807, 2.05) is 18.2 Å². The van der Waals surface area contributed by atoms with E-state index in [-0.39, 0.29) is 0 Å². The number of para-hydroxylation sites is 2. The lowest BCUT2D eigenvalue weighted by Crippen LogP contribution is -2.41. The van der Waals surface area contributed by atoms with Gasteiger partial charge in [0.15, 0.2) is 0 Å². The minimum absolute atomic E-state index is 0.397. The maximum absolute atomic E-state index is 6.33. The summed E-state index contributed by atoms with van der Waals surface area (Å²) in [6.07, 6.45) is 0. The highest BCUT2D eigenvalue weighted by Gasteiger charge is 2.51. The molecule has 44 heavy (non-hydrogen) atoms. The summed E-state index contributed by atoms with van der Waals surface area (Å²) in [4.78, 5) is 10.6. The van der Waals surface area contributed by atoms with Crippen LogP contribution < -0.4 is 5.46 Å². The van der Waals surface area contributed by atoms with Crippen LogP contribution in [0.5, 0.6) is 0 Å². The zero-order chi connectivity index (χ0) is 30.1. The Bertz CT molecular complexity index is 2160. The van der Waals surface area contributed by atoms with Gasteiger partial charge in [-0.1, -0.05) is 97.1 Å². The maximum Gasteiger partial charge on any atom is 0.494 e. The van der Waals surface area contributed by atoms with Crippen molar-refractivity contribution in [2.24, 2.45) is 0 Å². The maximum atomic E-state index is 6.33. The van der Waals surface area contributed by atoms with Gasteiger partial charge in [0.1, 0.15) is 5.82 Å². The number of rotatable bonds is 4. The van der Waals surface area contributed by atoms with Gasteiger partial charge in [-0.05, 0) is 62.8 Å². The molecule has 3 heterocycles. The summed E-state index contributed by atoms with van der Waals surface area (Å²) in [7, 11) is -0.419. The summed E-state index contributed by atoms with van der Waals surface area (Å²) in [6, 6.07) is 42.0. The van der Waals surface area contributed by atoms with Crippen LogP contribution in [-0.4, -0.2) is 32.9 Å². The molecule has 0 spiro atoms. The van der Waals surface area contributed by atoms with Crippen LogP contribution in [-0.2, 0) is 9.31 Å². The van der Waals surface area contributed by atoms with Gasteiger partial charge >= 0.3 is 7.12 Å². The fraction of sp³-hybridized carbons (Fsp3) is 0.158. The highest BCUT2D eigenvalue weighted by molar-refractivity contribution is 6.62. The van der Waals surface area contributed by atoms with Gasteiger partial charge in [0, 0.05) is 27.6 Å². The molecule has 0 radical (unpaired) electrons. The predicted molar refractivity (Wildman–Crippen MR) is 180 cm³/mol. The fourth-order valence-electron chi connectivity index (χ4n) is 6.19. The number of pyridine rings is 1. The Morgan fingerprint density at radius 1 is 0.591 bits per heavy atom. The van der Waals surface area contributed by atoms with E-state index in [4.69, 9.17) is 19.3 Å². The van der Waals surface area contributed by atoms with Gasteiger partial charge < -0.3 is 9.31 Å². The van der Waals surface area contributed by atoms with E-state index in [0.29, 0.717) is 0 Å². The first-order valence-electron chi connectivity index (χ1n) is 15.1. The monoisotopic (exact) mass is 573 g/mol. The second-order valence-corrected chi connectivity index (χ2v) is 12.5. The summed E-state index contributed by atoms with van der Waals surface area (Å²) < 4.78 is 14.9. The van der Waals surface area contributed by atoms with Crippen LogP contribution >= 0.6 is 0 Å². The van der Waals surface area contributed by atoms with E-state index in [9.17, 15) is 0 Å². The quantitative estimate of drug-likeness (QED) is 0.157. The Labute approximate surface area is 257 Å². The van der Waals surface area contributed by atoms with Gasteiger partial charge in [0.05, 0.1) is 33.4 Å². The van der Waals surface area contributed by atoms with Gasteiger partial charge in [-0.3, -0.25) is 4.57 Å². The average molecular weight is 574 g/mol. The molecule has 0 saturated carbocycles. The van der Waals surface area contributed by atoms with Crippen LogP contribution in [0.2, 0.25) is 0 Å². The molecule has 0 amide bonds. The Balaban J connectivity index is 1.38. The zero-order valence-corrected chi connectivity index (χ0v) is 25.3. The van der Waals surface area contributed by atoms with E-state index in [2.05, 4.69) is 135 Å². The van der Waals surface area contributed by atoms with Crippen molar-refractivity contribution < 1.29 is 9.31 Å². The van der Waals surface area contributed by atoms with Gasteiger partial charge in [-0.2, -0.15) is 0 Å². The van der Waals surface area contributed by atoms with Crippen LogP contribution in [0.4, 0.5) is 0 Å². The van der Waals surface area contributed by atoms with E-state index < -0.39 is 18.3 Å². The topological polar surface area (TPSA) is 49.2 Å². The Hall–Kier alpha value is -4.78. The summed E-state index contributed by atoms with van der Waals surface area (Å²) in [5.41, 5.74) is 7.16. The largest absolute Gasteiger partial charge is 0.494 e. The number of nitrogens with zero attached hydrogens (tertiary/aromatic N) is 3. The van der Waals surface area contributed by atoms with Crippen molar-refractivity contribution in [1.82, 2.24) is 14.5 Å². The molecule has 7 aromatic rings. The van der Waals surface area contributed by atoms with Crippen molar-refractivity contribution in [2.45, 2.75) is 38.9 Å². The fourth-order valence-corrected chi connectivity index (χ4v) is 6.19. The van der Waals surface area contributed by atoms with Gasteiger partial charge in [-0.25, -0.2) is 9.97 Å². The normalized spacial score (nSPS) is 15.9. The molecule has 2 aromatic heterocycles. The molecule has 0 atom stereocenters. The van der Waals surface area contributed by atoms with Crippen molar-refractivity contribution in [3.8, 4) is 28.3 Å². The molecule has 1 aliphatic rings. The molecular weight excluding hydrogens is 541 g/mol. The second kappa shape index (κ2) is 9.88. The summed E-state index contributed by atoms with van der Waals surface area (Å²) >= 11 is 0. The zero-order valence-electron chi connectivity index (χ0n) is 25.3. The van der Waals surface area contributed by atoms with E-state index in [1.54, 1.807) is 0 Å². The number of benzene rings is 5. The van der Waals surface area contributed by atoms with Crippen molar-refractivity contribution in [2.75, 3.05) is 0 Å². The molecule has 6 heteroatoms. The molecule has 0 N–H and O–H groups in total. The number of hydrogen-bond acceptors (Lipinski definition) is 4. The Morgan fingerprint density at radius 3 is 1.93 bits per heavy atom. The first kappa shape index (κ1) is 26.8. The molecular formula is C38H32BN3O2. The van der Waals surface area contributed by atoms with Gasteiger partial charge in [0.2, 0.25) is 0 Å².